The summed E-state index contributed by atoms with van der Waals surface area (Å²) in [5, 5.41) is 12.4. The molecule has 0 spiro atoms. The number of benzene rings is 4. The summed E-state index contributed by atoms with van der Waals surface area (Å²) in [5.74, 6) is -7.35. The Balaban J connectivity index is 1.89. The van der Waals surface area contributed by atoms with E-state index in [9.17, 15) is 36.3 Å². The second-order valence-corrected chi connectivity index (χ2v) is 10.5. The molecule has 0 aliphatic carbocycles. The summed E-state index contributed by atoms with van der Waals surface area (Å²) < 4.78 is 74.4. The van der Waals surface area contributed by atoms with E-state index in [1.165, 1.54) is 50.2 Å². The number of fused-ring (bicyclic) bond motifs is 2. The van der Waals surface area contributed by atoms with Crippen molar-refractivity contribution in [3.8, 4) is 5.75 Å². The highest BCUT2D eigenvalue weighted by atomic mass is 32.2. The number of hydrogen-bond donors (Lipinski definition) is 2. The zero-order chi connectivity index (χ0) is 27.8. The number of aromatic hydroxyl groups is 1. The third-order valence-electron chi connectivity index (χ3n) is 5.76. The second-order valence-electron chi connectivity index (χ2n) is 8.80. The first-order chi connectivity index (χ1) is 17.8. The van der Waals surface area contributed by atoms with Crippen LogP contribution < -0.4 is 4.72 Å². The predicted octanol–water partition coefficient (Wildman–Crippen LogP) is 5.67. The van der Waals surface area contributed by atoms with Crippen LogP contribution in [0, 0.1) is 0 Å². The van der Waals surface area contributed by atoms with Gasteiger partial charge in [0.05, 0.1) is 16.7 Å². The van der Waals surface area contributed by atoms with E-state index in [0.717, 1.165) is 11.5 Å². The van der Waals surface area contributed by atoms with Crippen molar-refractivity contribution in [2.75, 3.05) is 4.72 Å². The molecule has 1 atom stereocenters. The van der Waals surface area contributed by atoms with Gasteiger partial charge in [-0.05, 0) is 42.8 Å². The number of phenols is 1. The molecule has 0 amide bonds. The topological polar surface area (TPSA) is 110 Å². The molecule has 198 valence electrons. The summed E-state index contributed by atoms with van der Waals surface area (Å²) in [7, 11) is -4.29. The number of rotatable bonds is 7. The van der Waals surface area contributed by atoms with Gasteiger partial charge in [-0.15, -0.1) is 0 Å². The molecule has 0 fully saturated rings. The zero-order valence-electron chi connectivity index (χ0n) is 20.1. The van der Waals surface area contributed by atoms with Crippen LogP contribution in [0.2, 0.25) is 0 Å². The molecule has 0 heterocycles. The number of esters is 1. The van der Waals surface area contributed by atoms with Crippen LogP contribution in [0.5, 0.6) is 5.75 Å². The first-order valence-electron chi connectivity index (χ1n) is 11.4. The molecule has 0 saturated carbocycles. The third kappa shape index (κ3) is 5.28. The van der Waals surface area contributed by atoms with Crippen molar-refractivity contribution in [3.63, 3.8) is 0 Å². The summed E-state index contributed by atoms with van der Waals surface area (Å²) in [5.41, 5.74) is -0.980. The van der Waals surface area contributed by atoms with E-state index < -0.39 is 51.3 Å². The monoisotopic (exact) mass is 545 g/mol. The molecular weight excluding hydrogens is 523 g/mol. The van der Waals surface area contributed by atoms with Crippen molar-refractivity contribution < 1.29 is 41.0 Å². The van der Waals surface area contributed by atoms with Gasteiger partial charge in [0.15, 0.2) is 5.92 Å². The van der Waals surface area contributed by atoms with Gasteiger partial charge in [0.25, 0.3) is 15.8 Å². The smallest absolute Gasteiger partial charge is 0.451 e. The van der Waals surface area contributed by atoms with Crippen LogP contribution in [-0.2, 0) is 24.3 Å². The average Bonchev–Trinajstić information content (AvgIpc) is 2.85. The Morgan fingerprint density at radius 3 is 2.13 bits per heavy atom. The maximum absolute atomic E-state index is 13.5. The van der Waals surface area contributed by atoms with Gasteiger partial charge in [-0.2, -0.15) is 13.2 Å². The van der Waals surface area contributed by atoms with Crippen molar-refractivity contribution >= 4 is 49.0 Å². The molecule has 0 saturated heterocycles. The lowest BCUT2D eigenvalue weighted by atomic mass is 9.90. The number of hydrogen-bond acceptors (Lipinski definition) is 6. The Labute approximate surface area is 215 Å². The van der Waals surface area contributed by atoms with E-state index >= 15 is 0 Å². The summed E-state index contributed by atoms with van der Waals surface area (Å²) >= 11 is 0. The van der Waals surface area contributed by atoms with Crippen LogP contribution in [0.4, 0.5) is 18.9 Å². The predicted molar refractivity (Wildman–Crippen MR) is 135 cm³/mol. The number of ketones is 1. The summed E-state index contributed by atoms with van der Waals surface area (Å²) in [6.45, 7) is 2.77. The molecule has 0 radical (unpaired) electrons. The van der Waals surface area contributed by atoms with Gasteiger partial charge in [0, 0.05) is 16.3 Å². The van der Waals surface area contributed by atoms with Crippen molar-refractivity contribution in [2.45, 2.75) is 36.9 Å². The molecule has 0 aromatic heterocycles. The number of Topliss-reactive ketones (excluding diaryl/α,β-unsaturated/α-hetero) is 1. The molecule has 7 nitrogen and oxygen atoms in total. The van der Waals surface area contributed by atoms with Gasteiger partial charge in [-0.25, -0.2) is 8.42 Å². The highest BCUT2D eigenvalue weighted by Gasteiger charge is 2.49. The fourth-order valence-corrected chi connectivity index (χ4v) is 5.17. The normalized spacial score (nSPS) is 13.0. The lowest BCUT2D eigenvalue weighted by Gasteiger charge is -2.21. The largest absolute Gasteiger partial charge is 0.507 e. The van der Waals surface area contributed by atoms with Gasteiger partial charge in [-0.3, -0.25) is 14.3 Å². The lowest BCUT2D eigenvalue weighted by Crippen LogP contribution is -2.35. The first kappa shape index (κ1) is 26.9. The van der Waals surface area contributed by atoms with Crippen LogP contribution >= 0.6 is 0 Å². The number of carbonyl (C=O) groups excluding carboxylic acids is 2. The molecule has 4 aromatic rings. The SMILES string of the molecule is CC(C)OC(=O)C(C(=O)C(F)(F)F)c1cc(NS(=O)(=O)c2ccc3ccccc3c2)c2ccccc2c1O. The van der Waals surface area contributed by atoms with Crippen LogP contribution in [0.1, 0.15) is 25.3 Å². The molecule has 38 heavy (non-hydrogen) atoms. The maximum atomic E-state index is 13.5. The summed E-state index contributed by atoms with van der Waals surface area (Å²) in [6, 6.07) is 18.0. The van der Waals surface area contributed by atoms with Gasteiger partial charge < -0.3 is 9.84 Å². The Hall–Kier alpha value is -4.12. The number of phenolic OH excluding ortho intramolecular Hbond substituents is 1. The first-order valence-corrected chi connectivity index (χ1v) is 12.9. The zero-order valence-corrected chi connectivity index (χ0v) is 20.9. The number of nitrogens with one attached hydrogen (secondary N) is 1. The molecule has 0 aliphatic heterocycles. The maximum Gasteiger partial charge on any atom is 0.451 e. The molecule has 1 unspecified atom stereocenters. The number of anilines is 1. The number of carbonyl (C=O) groups is 2. The number of halogens is 3. The third-order valence-corrected chi connectivity index (χ3v) is 7.12. The van der Waals surface area contributed by atoms with Crippen molar-refractivity contribution in [2.24, 2.45) is 0 Å². The highest BCUT2D eigenvalue weighted by molar-refractivity contribution is 7.92. The van der Waals surface area contributed by atoms with Crippen molar-refractivity contribution in [1.29, 1.82) is 0 Å². The van der Waals surface area contributed by atoms with Crippen LogP contribution in [0.15, 0.2) is 77.7 Å². The van der Waals surface area contributed by atoms with Crippen LogP contribution in [-0.4, -0.2) is 37.6 Å². The highest BCUT2D eigenvalue weighted by Crippen LogP contribution is 2.41. The van der Waals surface area contributed by atoms with E-state index in [-0.39, 0.29) is 21.4 Å². The van der Waals surface area contributed by atoms with Gasteiger partial charge in [0.2, 0.25) is 0 Å². The molecule has 0 bridgehead atoms. The number of alkyl halides is 3. The summed E-state index contributed by atoms with van der Waals surface area (Å²) in [6.07, 6.45) is -6.30. The van der Waals surface area contributed by atoms with Crippen LogP contribution in [0.3, 0.4) is 0 Å². The fourth-order valence-electron chi connectivity index (χ4n) is 4.06. The minimum Gasteiger partial charge on any atom is -0.507 e. The fraction of sp³-hybridized carbons (Fsp3) is 0.185. The number of ether oxygens (including phenoxy) is 1. The minimum atomic E-state index is -5.44. The van der Waals surface area contributed by atoms with Gasteiger partial charge in [-0.1, -0.05) is 54.6 Å². The molecule has 4 rings (SSSR count). The minimum absolute atomic E-state index is 0.0708. The lowest BCUT2D eigenvalue weighted by molar-refractivity contribution is -0.178. The molecule has 4 aromatic carbocycles. The summed E-state index contributed by atoms with van der Waals surface area (Å²) in [4.78, 5) is 24.9. The van der Waals surface area contributed by atoms with E-state index in [2.05, 4.69) is 4.72 Å². The Morgan fingerprint density at radius 2 is 1.50 bits per heavy atom. The van der Waals surface area contributed by atoms with Gasteiger partial charge in [0.1, 0.15) is 5.75 Å². The van der Waals surface area contributed by atoms with E-state index in [1.807, 2.05) is 0 Å². The average molecular weight is 546 g/mol. The van der Waals surface area contributed by atoms with E-state index in [4.69, 9.17) is 4.74 Å². The Morgan fingerprint density at radius 1 is 0.895 bits per heavy atom. The van der Waals surface area contributed by atoms with Crippen LogP contribution in [0.25, 0.3) is 21.5 Å². The van der Waals surface area contributed by atoms with E-state index in [1.54, 1.807) is 30.3 Å². The van der Waals surface area contributed by atoms with Crippen molar-refractivity contribution in [3.05, 3.63) is 78.4 Å². The molecule has 0 aliphatic rings. The molecule has 11 heteroatoms. The molecular formula is C27H22F3NO6S. The Bertz CT molecular complexity index is 1670. The van der Waals surface area contributed by atoms with Crippen molar-refractivity contribution in [1.82, 2.24) is 0 Å². The standard InChI is InChI=1S/C27H22F3NO6S/c1-15(2)37-26(34)23(25(33)27(28,29)30)21-14-22(19-9-5-6-10-20(19)24(21)32)31-38(35,36)18-12-11-16-7-3-4-8-17(16)13-18/h3-15,23,31-32H,1-2H3. The van der Waals surface area contributed by atoms with Gasteiger partial charge >= 0.3 is 12.1 Å². The Kier molecular flexibility index (Phi) is 7.07. The van der Waals surface area contributed by atoms with E-state index in [0.29, 0.717) is 5.39 Å². The second kappa shape index (κ2) is 9.97. The quantitative estimate of drug-likeness (QED) is 0.176. The number of sulfonamides is 1. The molecule has 2 N–H and O–H groups in total.